The third-order valence-electron chi connectivity index (χ3n) is 6.10. The number of H-pyrrole nitrogens is 1. The van der Waals surface area contributed by atoms with Gasteiger partial charge in [-0.1, -0.05) is 23.2 Å². The number of piperidine rings is 1. The molecule has 1 aliphatic heterocycles. The van der Waals surface area contributed by atoms with E-state index in [0.717, 1.165) is 41.5 Å². The second-order valence-corrected chi connectivity index (χ2v) is 9.29. The lowest BCUT2D eigenvalue weighted by atomic mass is 10.0. The molecule has 9 heteroatoms. The predicted octanol–water partition coefficient (Wildman–Crippen LogP) is 5.47. The van der Waals surface area contributed by atoms with Gasteiger partial charge in [0.05, 0.1) is 10.5 Å². The highest BCUT2D eigenvalue weighted by atomic mass is 35.5. The Balaban J connectivity index is 1.29. The fourth-order valence-corrected chi connectivity index (χ4v) is 4.84. The van der Waals surface area contributed by atoms with Gasteiger partial charge in [-0.3, -0.25) is 19.8 Å². The molecule has 1 aliphatic rings. The number of aromatic nitrogens is 3. The molecule has 3 heterocycles. The molecule has 2 aromatic carbocycles. The Morgan fingerprint density at radius 3 is 2.79 bits per heavy atom. The van der Waals surface area contributed by atoms with E-state index in [2.05, 4.69) is 25.4 Å². The van der Waals surface area contributed by atoms with Crippen LogP contribution in [0.5, 0.6) is 0 Å². The number of carbonyl (C=O) groups excluding carboxylic acids is 1. The monoisotopic (exact) mass is 497 g/mol. The lowest BCUT2D eigenvalue weighted by Gasteiger charge is -2.33. The van der Waals surface area contributed by atoms with Gasteiger partial charge in [-0.25, -0.2) is 4.39 Å². The van der Waals surface area contributed by atoms with E-state index in [1.165, 1.54) is 12.1 Å². The summed E-state index contributed by atoms with van der Waals surface area (Å²) in [5.74, 6) is -0.616. The number of carbonyl (C=O) groups is 1. The zero-order chi connectivity index (χ0) is 23.7. The third kappa shape index (κ3) is 4.78. The van der Waals surface area contributed by atoms with Crippen LogP contribution < -0.4 is 5.32 Å². The number of aromatic amines is 1. The van der Waals surface area contributed by atoms with Crippen LogP contribution in [0.4, 0.5) is 4.39 Å². The van der Waals surface area contributed by atoms with E-state index in [4.69, 9.17) is 23.2 Å². The zero-order valence-electron chi connectivity index (χ0n) is 18.2. The molecule has 5 rings (SSSR count). The van der Waals surface area contributed by atoms with E-state index in [1.807, 2.05) is 24.3 Å². The topological polar surface area (TPSA) is 73.9 Å². The second-order valence-electron chi connectivity index (χ2n) is 8.47. The van der Waals surface area contributed by atoms with Crippen LogP contribution >= 0.6 is 23.2 Å². The van der Waals surface area contributed by atoms with Gasteiger partial charge in [0.1, 0.15) is 11.5 Å². The number of nitrogens with one attached hydrogen (secondary N) is 2. The Kier molecular flexibility index (Phi) is 6.50. The van der Waals surface area contributed by atoms with Crippen LogP contribution in [0.1, 0.15) is 28.8 Å². The number of hydrogen-bond acceptors (Lipinski definition) is 4. The minimum Gasteiger partial charge on any atom is -0.348 e. The molecule has 0 saturated carbocycles. The van der Waals surface area contributed by atoms with Crippen molar-refractivity contribution in [3.63, 3.8) is 0 Å². The molecule has 4 aromatic rings. The van der Waals surface area contributed by atoms with E-state index in [0.29, 0.717) is 29.2 Å². The molecule has 1 atom stereocenters. The van der Waals surface area contributed by atoms with Crippen LogP contribution in [-0.4, -0.2) is 45.1 Å². The molecule has 6 nitrogen and oxygen atoms in total. The maximum atomic E-state index is 13.9. The summed E-state index contributed by atoms with van der Waals surface area (Å²) in [7, 11) is 0. The number of amides is 1. The van der Waals surface area contributed by atoms with Crippen molar-refractivity contribution in [1.82, 2.24) is 25.4 Å². The van der Waals surface area contributed by atoms with E-state index < -0.39 is 5.82 Å². The Morgan fingerprint density at radius 1 is 1.15 bits per heavy atom. The van der Waals surface area contributed by atoms with E-state index in [9.17, 15) is 9.18 Å². The number of nitrogens with zero attached hydrogens (tertiary/aromatic N) is 3. The van der Waals surface area contributed by atoms with Crippen LogP contribution in [0.15, 0.2) is 54.9 Å². The summed E-state index contributed by atoms with van der Waals surface area (Å²) in [5, 5.41) is 11.9. The standard InChI is InChI=1S/C25H22Cl2FN5O/c26-20-12-21(27)22(28)11-17(20)13-33-9-1-2-18(14-33)30-25(34)16-3-4-23-19(10-16)24(32-31-23)15-5-7-29-8-6-15/h3-8,10-12,18H,1-2,9,13-14H2,(H,30,34)(H,31,32). The number of hydrogen-bond donors (Lipinski definition) is 2. The summed E-state index contributed by atoms with van der Waals surface area (Å²) in [6.45, 7) is 2.00. The van der Waals surface area contributed by atoms with Gasteiger partial charge in [-0.05, 0) is 67.4 Å². The molecule has 0 spiro atoms. The Hall–Kier alpha value is -3.00. The van der Waals surface area contributed by atoms with Crippen LogP contribution in [0.3, 0.4) is 0 Å². The van der Waals surface area contributed by atoms with Crippen molar-refractivity contribution < 1.29 is 9.18 Å². The van der Waals surface area contributed by atoms with Crippen molar-refractivity contribution in [2.75, 3.05) is 13.1 Å². The van der Waals surface area contributed by atoms with Gasteiger partial charge in [-0.15, -0.1) is 0 Å². The summed E-state index contributed by atoms with van der Waals surface area (Å²) in [6.07, 6.45) is 5.23. The van der Waals surface area contributed by atoms with Gasteiger partial charge in [0.25, 0.3) is 5.91 Å². The average Bonchev–Trinajstić information content (AvgIpc) is 3.27. The Labute approximate surface area is 206 Å². The Morgan fingerprint density at radius 2 is 1.97 bits per heavy atom. The molecule has 34 heavy (non-hydrogen) atoms. The van der Waals surface area contributed by atoms with Crippen LogP contribution in [-0.2, 0) is 6.54 Å². The first kappa shape index (κ1) is 22.8. The quantitative estimate of drug-likeness (QED) is 0.358. The number of halogens is 3. The largest absolute Gasteiger partial charge is 0.348 e. The summed E-state index contributed by atoms with van der Waals surface area (Å²) in [4.78, 5) is 19.3. The summed E-state index contributed by atoms with van der Waals surface area (Å²) in [6, 6.07) is 12.1. The first-order chi connectivity index (χ1) is 16.5. The van der Waals surface area contributed by atoms with Gasteiger partial charge < -0.3 is 5.32 Å². The predicted molar refractivity (Wildman–Crippen MR) is 132 cm³/mol. The fourth-order valence-electron chi connectivity index (χ4n) is 4.40. The van der Waals surface area contributed by atoms with Crippen molar-refractivity contribution in [2.45, 2.75) is 25.4 Å². The highest BCUT2D eigenvalue weighted by Crippen LogP contribution is 2.28. The second kappa shape index (κ2) is 9.70. The van der Waals surface area contributed by atoms with Crippen molar-refractivity contribution in [3.05, 3.63) is 81.8 Å². The normalized spacial score (nSPS) is 16.6. The molecule has 1 amide bonds. The smallest absolute Gasteiger partial charge is 0.251 e. The first-order valence-electron chi connectivity index (χ1n) is 11.0. The van der Waals surface area contributed by atoms with Crippen molar-refractivity contribution in [3.8, 4) is 11.3 Å². The maximum Gasteiger partial charge on any atom is 0.251 e. The van der Waals surface area contributed by atoms with Crippen LogP contribution in [0.25, 0.3) is 22.2 Å². The minimum absolute atomic E-state index is 0.0132. The van der Waals surface area contributed by atoms with E-state index in [1.54, 1.807) is 18.5 Å². The van der Waals surface area contributed by atoms with Crippen LogP contribution in [0, 0.1) is 5.82 Å². The molecular formula is C25H22Cl2FN5O. The van der Waals surface area contributed by atoms with Gasteiger partial charge in [0.2, 0.25) is 0 Å². The molecule has 1 fully saturated rings. The summed E-state index contributed by atoms with van der Waals surface area (Å²) >= 11 is 12.1. The molecule has 0 bridgehead atoms. The molecule has 174 valence electrons. The highest BCUT2D eigenvalue weighted by Gasteiger charge is 2.23. The molecule has 0 radical (unpaired) electrons. The van der Waals surface area contributed by atoms with Gasteiger partial charge >= 0.3 is 0 Å². The van der Waals surface area contributed by atoms with Crippen molar-refractivity contribution in [1.29, 1.82) is 0 Å². The first-order valence-corrected chi connectivity index (χ1v) is 11.8. The molecular weight excluding hydrogens is 476 g/mol. The van der Waals surface area contributed by atoms with E-state index >= 15 is 0 Å². The van der Waals surface area contributed by atoms with Gasteiger partial charge in [0.15, 0.2) is 0 Å². The summed E-state index contributed by atoms with van der Waals surface area (Å²) in [5.41, 5.74) is 3.83. The molecule has 2 N–H and O–H groups in total. The van der Waals surface area contributed by atoms with Gasteiger partial charge in [0, 0.05) is 53.1 Å². The summed E-state index contributed by atoms with van der Waals surface area (Å²) < 4.78 is 13.9. The fraction of sp³-hybridized carbons (Fsp3) is 0.240. The van der Waals surface area contributed by atoms with Crippen LogP contribution in [0.2, 0.25) is 10.0 Å². The third-order valence-corrected chi connectivity index (χ3v) is 6.74. The SMILES string of the molecule is O=C(NC1CCCN(Cc2cc(F)c(Cl)cc2Cl)C1)c1ccc2[nH]nc(-c3ccncc3)c2c1. The average molecular weight is 498 g/mol. The lowest BCUT2D eigenvalue weighted by Crippen LogP contribution is -2.47. The van der Waals surface area contributed by atoms with Crippen molar-refractivity contribution in [2.24, 2.45) is 0 Å². The number of benzene rings is 2. The zero-order valence-corrected chi connectivity index (χ0v) is 19.7. The molecule has 0 aliphatic carbocycles. The number of likely N-dealkylation sites (tertiary alicyclic amines) is 1. The molecule has 2 aromatic heterocycles. The minimum atomic E-state index is -0.483. The lowest BCUT2D eigenvalue weighted by molar-refractivity contribution is 0.0901. The number of pyridine rings is 1. The number of fused-ring (bicyclic) bond motifs is 1. The molecule has 1 saturated heterocycles. The van der Waals surface area contributed by atoms with Crippen molar-refractivity contribution >= 4 is 40.0 Å². The Bertz CT molecular complexity index is 1340. The number of rotatable bonds is 5. The van der Waals surface area contributed by atoms with Gasteiger partial charge in [-0.2, -0.15) is 5.10 Å². The highest BCUT2D eigenvalue weighted by molar-refractivity contribution is 6.35. The molecule has 1 unspecified atom stereocenters. The van der Waals surface area contributed by atoms with E-state index in [-0.39, 0.29) is 17.0 Å². The maximum absolute atomic E-state index is 13.9.